The molecule has 0 saturated heterocycles. The van der Waals surface area contributed by atoms with Crippen molar-refractivity contribution >= 4 is 29.0 Å². The molecule has 0 unspecified atom stereocenters. The van der Waals surface area contributed by atoms with E-state index in [0.717, 1.165) is 11.1 Å². The molecule has 7 heteroatoms. The van der Waals surface area contributed by atoms with E-state index in [-0.39, 0.29) is 11.3 Å². The molecular weight excluding hydrogens is 418 g/mol. The quantitative estimate of drug-likeness (QED) is 0.378. The molecule has 0 saturated carbocycles. The number of carbonyl (C=O) groups is 2. The third-order valence-electron chi connectivity index (χ3n) is 5.63. The molecule has 3 aromatic rings. The number of hydrogen-bond donors (Lipinski definition) is 3. The molecular formula is C26H23N3O4. The Hall–Kier alpha value is -4.39. The first-order valence-electron chi connectivity index (χ1n) is 10.4. The fourth-order valence-electron chi connectivity index (χ4n) is 3.58. The van der Waals surface area contributed by atoms with Crippen molar-refractivity contribution in [2.24, 2.45) is 5.10 Å². The molecule has 3 aromatic carbocycles. The number of aryl methyl sites for hydroxylation is 2. The number of phenols is 1. The van der Waals surface area contributed by atoms with Crippen LogP contribution in [0.5, 0.6) is 5.75 Å². The zero-order valence-corrected chi connectivity index (χ0v) is 18.5. The molecule has 3 N–H and O–H groups in total. The fourth-order valence-corrected chi connectivity index (χ4v) is 3.58. The van der Waals surface area contributed by atoms with Crippen molar-refractivity contribution < 1.29 is 19.8 Å². The van der Waals surface area contributed by atoms with Gasteiger partial charge in [0.05, 0.1) is 28.2 Å². The maximum atomic E-state index is 13.0. The maximum absolute atomic E-state index is 13.0. The van der Waals surface area contributed by atoms with E-state index in [1.807, 2.05) is 44.2 Å². The highest BCUT2D eigenvalue weighted by Crippen LogP contribution is 2.36. The van der Waals surface area contributed by atoms with Crippen molar-refractivity contribution in [1.82, 2.24) is 0 Å². The van der Waals surface area contributed by atoms with Gasteiger partial charge in [-0.25, -0.2) is 4.79 Å². The lowest BCUT2D eigenvalue weighted by molar-refractivity contribution is -0.114. The summed E-state index contributed by atoms with van der Waals surface area (Å²) >= 11 is 0. The van der Waals surface area contributed by atoms with Crippen LogP contribution in [-0.4, -0.2) is 27.8 Å². The van der Waals surface area contributed by atoms with Gasteiger partial charge in [-0.3, -0.25) is 4.79 Å². The molecule has 0 aromatic heterocycles. The van der Waals surface area contributed by atoms with Crippen molar-refractivity contribution in [3.05, 3.63) is 89.1 Å². The van der Waals surface area contributed by atoms with E-state index >= 15 is 0 Å². The Kier molecular flexibility index (Phi) is 5.70. The molecule has 0 spiro atoms. The van der Waals surface area contributed by atoms with Crippen molar-refractivity contribution in [2.45, 2.75) is 20.8 Å². The zero-order valence-electron chi connectivity index (χ0n) is 18.5. The standard InChI is InChI=1S/C26H23N3O4/c1-15-10-11-18(12-16(15)2)21-8-5-9-23(24(21)30)27-14-22-17(3)28-29(25(22)31)20-7-4-6-19(13-20)26(32)33/h4-14,27,30H,1-3H3,(H,32,33)/b22-14-. The Morgan fingerprint density at radius 3 is 2.48 bits per heavy atom. The average Bonchev–Trinajstić information content (AvgIpc) is 3.08. The van der Waals surface area contributed by atoms with Gasteiger partial charge in [0.15, 0.2) is 0 Å². The number of anilines is 2. The number of amides is 1. The van der Waals surface area contributed by atoms with E-state index < -0.39 is 11.9 Å². The number of carbonyl (C=O) groups excluding carboxylic acids is 1. The van der Waals surface area contributed by atoms with Crippen LogP contribution in [0, 0.1) is 13.8 Å². The topological polar surface area (TPSA) is 102 Å². The van der Waals surface area contributed by atoms with Crippen molar-refractivity contribution in [1.29, 1.82) is 0 Å². The predicted molar refractivity (Wildman–Crippen MR) is 129 cm³/mol. The summed E-state index contributed by atoms with van der Waals surface area (Å²) in [6.07, 6.45) is 1.50. The first-order valence-corrected chi connectivity index (χ1v) is 10.4. The number of para-hydroxylation sites is 1. The molecule has 33 heavy (non-hydrogen) atoms. The van der Waals surface area contributed by atoms with Gasteiger partial charge in [0.1, 0.15) is 5.75 Å². The summed E-state index contributed by atoms with van der Waals surface area (Å²) < 4.78 is 0. The van der Waals surface area contributed by atoms with E-state index in [9.17, 15) is 19.8 Å². The lowest BCUT2D eigenvalue weighted by Crippen LogP contribution is -2.22. The van der Waals surface area contributed by atoms with Crippen LogP contribution in [0.3, 0.4) is 0 Å². The number of hydrogen-bond acceptors (Lipinski definition) is 5. The van der Waals surface area contributed by atoms with Gasteiger partial charge in [-0.05, 0) is 61.7 Å². The van der Waals surface area contributed by atoms with Crippen LogP contribution in [0.1, 0.15) is 28.4 Å². The number of nitrogens with zero attached hydrogens (tertiary/aromatic N) is 2. The smallest absolute Gasteiger partial charge is 0.335 e. The first-order chi connectivity index (χ1) is 15.8. The van der Waals surface area contributed by atoms with Crippen molar-refractivity contribution in [2.75, 3.05) is 10.3 Å². The Balaban J connectivity index is 1.60. The van der Waals surface area contributed by atoms with Gasteiger partial charge in [0.25, 0.3) is 5.91 Å². The van der Waals surface area contributed by atoms with Gasteiger partial charge >= 0.3 is 5.97 Å². The number of phenolic OH excluding ortho intramolecular Hbond substituents is 1. The Bertz CT molecular complexity index is 1340. The number of aromatic carboxylic acids is 1. The minimum absolute atomic E-state index is 0.0665. The second-order valence-corrected chi connectivity index (χ2v) is 7.86. The van der Waals surface area contributed by atoms with E-state index in [2.05, 4.69) is 10.4 Å². The minimum Gasteiger partial charge on any atom is -0.505 e. The average molecular weight is 441 g/mol. The zero-order chi connectivity index (χ0) is 23.7. The summed E-state index contributed by atoms with van der Waals surface area (Å²) in [6, 6.07) is 17.4. The summed E-state index contributed by atoms with van der Waals surface area (Å²) in [5, 5.41) is 28.5. The Labute approximate surface area is 191 Å². The lowest BCUT2D eigenvalue weighted by atomic mass is 9.99. The first kappa shape index (κ1) is 21.8. The summed E-state index contributed by atoms with van der Waals surface area (Å²) in [7, 11) is 0. The third kappa shape index (κ3) is 4.21. The molecule has 166 valence electrons. The van der Waals surface area contributed by atoms with Gasteiger partial charge in [-0.2, -0.15) is 10.1 Å². The van der Waals surface area contributed by atoms with Crippen LogP contribution in [0.4, 0.5) is 11.4 Å². The second kappa shape index (κ2) is 8.63. The van der Waals surface area contributed by atoms with Crippen LogP contribution in [0.2, 0.25) is 0 Å². The molecule has 1 aliphatic heterocycles. The van der Waals surface area contributed by atoms with Crippen LogP contribution < -0.4 is 10.3 Å². The van der Waals surface area contributed by atoms with E-state index in [4.69, 9.17) is 0 Å². The van der Waals surface area contributed by atoms with Gasteiger partial charge in [0.2, 0.25) is 0 Å². The van der Waals surface area contributed by atoms with Crippen LogP contribution in [0.15, 0.2) is 77.5 Å². The van der Waals surface area contributed by atoms with Crippen LogP contribution in [0.25, 0.3) is 11.1 Å². The van der Waals surface area contributed by atoms with Crippen molar-refractivity contribution in [3.8, 4) is 16.9 Å². The molecule has 1 aliphatic rings. The predicted octanol–water partition coefficient (Wildman–Crippen LogP) is 5.09. The molecule has 0 fully saturated rings. The summed E-state index contributed by atoms with van der Waals surface area (Å²) in [4.78, 5) is 24.2. The summed E-state index contributed by atoms with van der Waals surface area (Å²) in [5.74, 6) is -1.41. The van der Waals surface area contributed by atoms with Gasteiger partial charge in [0, 0.05) is 11.8 Å². The number of aromatic hydroxyl groups is 1. The molecule has 7 nitrogen and oxygen atoms in total. The lowest BCUT2D eigenvalue weighted by Gasteiger charge is -2.13. The van der Waals surface area contributed by atoms with E-state index in [1.165, 1.54) is 28.9 Å². The number of rotatable bonds is 5. The van der Waals surface area contributed by atoms with E-state index in [1.54, 1.807) is 25.1 Å². The largest absolute Gasteiger partial charge is 0.505 e. The highest BCUT2D eigenvalue weighted by Gasteiger charge is 2.29. The van der Waals surface area contributed by atoms with Gasteiger partial charge in [-0.15, -0.1) is 0 Å². The number of hydrazone groups is 1. The van der Waals surface area contributed by atoms with E-state index in [0.29, 0.717) is 28.2 Å². The summed E-state index contributed by atoms with van der Waals surface area (Å²) in [6.45, 7) is 5.75. The number of carboxylic acid groups (broad SMARTS) is 1. The summed E-state index contributed by atoms with van der Waals surface area (Å²) in [5.41, 5.74) is 5.53. The maximum Gasteiger partial charge on any atom is 0.335 e. The Morgan fingerprint density at radius 1 is 1.00 bits per heavy atom. The Morgan fingerprint density at radius 2 is 1.76 bits per heavy atom. The van der Waals surface area contributed by atoms with Crippen molar-refractivity contribution in [3.63, 3.8) is 0 Å². The monoisotopic (exact) mass is 441 g/mol. The molecule has 0 aliphatic carbocycles. The highest BCUT2D eigenvalue weighted by atomic mass is 16.4. The van der Waals surface area contributed by atoms with Crippen LogP contribution >= 0.6 is 0 Å². The fraction of sp³-hybridized carbons (Fsp3) is 0.115. The SMILES string of the molecule is CC1=NN(c2cccc(C(=O)O)c2)C(=O)/C1=C\Nc1cccc(-c2ccc(C)c(C)c2)c1O. The number of carboxylic acids is 1. The molecule has 0 radical (unpaired) electrons. The number of nitrogens with one attached hydrogen (secondary N) is 1. The molecule has 1 amide bonds. The number of benzene rings is 3. The molecule has 4 rings (SSSR count). The highest BCUT2D eigenvalue weighted by molar-refractivity contribution is 6.29. The van der Waals surface area contributed by atoms with Crippen LogP contribution in [-0.2, 0) is 4.79 Å². The molecule has 0 bridgehead atoms. The minimum atomic E-state index is -1.08. The van der Waals surface area contributed by atoms with Gasteiger partial charge < -0.3 is 15.5 Å². The second-order valence-electron chi connectivity index (χ2n) is 7.86. The molecule has 1 heterocycles. The normalized spacial score (nSPS) is 14.5. The third-order valence-corrected chi connectivity index (χ3v) is 5.63. The van der Waals surface area contributed by atoms with Gasteiger partial charge in [-0.1, -0.05) is 36.4 Å². The molecule has 0 atom stereocenters.